The van der Waals surface area contributed by atoms with Crippen LogP contribution in [0.15, 0.2) is 66.7 Å². The maximum atomic E-state index is 13.3. The van der Waals surface area contributed by atoms with Crippen LogP contribution < -0.4 is 15.4 Å². The lowest BCUT2D eigenvalue weighted by atomic mass is 9.93. The van der Waals surface area contributed by atoms with Crippen molar-refractivity contribution in [2.24, 2.45) is 0 Å². The molecule has 3 N–H and O–H groups in total. The minimum absolute atomic E-state index is 0. The third-order valence-corrected chi connectivity index (χ3v) is 7.38. The molecule has 200 valence electrons. The van der Waals surface area contributed by atoms with E-state index in [1.54, 1.807) is 12.1 Å². The highest BCUT2D eigenvalue weighted by molar-refractivity contribution is 6.03. The van der Waals surface area contributed by atoms with Gasteiger partial charge in [-0.3, -0.25) is 9.59 Å². The molecule has 0 bridgehead atoms. The number of hydrogen-bond donors (Lipinski definition) is 3. The Bertz CT molecular complexity index is 1300. The average molecular weight is 536 g/mol. The van der Waals surface area contributed by atoms with Crippen molar-refractivity contribution in [3.63, 3.8) is 0 Å². The van der Waals surface area contributed by atoms with Crippen molar-refractivity contribution in [2.45, 2.75) is 51.5 Å². The van der Waals surface area contributed by atoms with Gasteiger partial charge in [0.05, 0.1) is 24.3 Å². The quantitative estimate of drug-likeness (QED) is 0.405. The van der Waals surface area contributed by atoms with E-state index < -0.39 is 6.10 Å². The molecule has 2 amide bonds. The van der Waals surface area contributed by atoms with E-state index in [1.165, 1.54) is 11.1 Å². The third kappa shape index (κ3) is 5.55. The summed E-state index contributed by atoms with van der Waals surface area (Å²) in [7, 11) is 0. The Balaban J connectivity index is 0.00000336. The van der Waals surface area contributed by atoms with E-state index in [0.717, 1.165) is 11.1 Å². The summed E-state index contributed by atoms with van der Waals surface area (Å²) >= 11 is 0. The molecule has 2 heterocycles. The fourth-order valence-electron chi connectivity index (χ4n) is 5.23. The van der Waals surface area contributed by atoms with Crippen LogP contribution in [0.3, 0.4) is 0 Å². The molecule has 3 aromatic carbocycles. The molecule has 0 aromatic heterocycles. The lowest BCUT2D eigenvalue weighted by Gasteiger charge is -2.30. The van der Waals surface area contributed by atoms with Crippen molar-refractivity contribution in [1.29, 1.82) is 0 Å². The first-order valence-electron chi connectivity index (χ1n) is 12.9. The van der Waals surface area contributed by atoms with Gasteiger partial charge in [-0.05, 0) is 54.7 Å². The van der Waals surface area contributed by atoms with Gasteiger partial charge in [-0.1, -0.05) is 54.6 Å². The second kappa shape index (κ2) is 12.0. The van der Waals surface area contributed by atoms with Crippen LogP contribution in [0.5, 0.6) is 5.75 Å². The first-order chi connectivity index (χ1) is 18.0. The summed E-state index contributed by atoms with van der Waals surface area (Å²) in [6.45, 7) is 5.44. The minimum Gasteiger partial charge on any atom is -0.493 e. The number of carbonyl (C=O) groups is 2. The summed E-state index contributed by atoms with van der Waals surface area (Å²) in [6.07, 6.45) is -0.0422. The van der Waals surface area contributed by atoms with E-state index in [1.807, 2.05) is 61.2 Å². The topological polar surface area (TPSA) is 90.9 Å². The van der Waals surface area contributed by atoms with Crippen LogP contribution in [0.25, 0.3) is 0 Å². The van der Waals surface area contributed by atoms with Crippen LogP contribution in [-0.4, -0.2) is 47.1 Å². The number of nitrogens with one attached hydrogen (secondary N) is 2. The van der Waals surface area contributed by atoms with E-state index in [9.17, 15) is 14.7 Å². The molecule has 38 heavy (non-hydrogen) atoms. The summed E-state index contributed by atoms with van der Waals surface area (Å²) in [6, 6.07) is 21.3. The molecule has 0 spiro atoms. The molecule has 5 rings (SSSR count). The SMILES string of the molecule is CCOc1cc2c(cc1C(=O)NCC(O)C1Cc3ccccc3CN1)CN([C@H](C)c1ccccc1)C2=O.Cl. The standard InChI is InChI=1S/C30H33N3O4.ClH/c1-3-37-28-15-24-23(18-33(30(24)36)19(2)20-9-5-4-6-10-20)13-25(28)29(35)32-17-27(34)26-14-21-11-7-8-12-22(21)16-31-26;/h4-13,15,19,26-27,31,34H,3,14,16-18H2,1-2H3,(H,32,35);1H/t19-,26?,27?;/m1./s1. The number of hydrogen-bond acceptors (Lipinski definition) is 5. The molecule has 2 unspecified atom stereocenters. The largest absolute Gasteiger partial charge is 0.493 e. The second-order valence-corrected chi connectivity index (χ2v) is 9.70. The van der Waals surface area contributed by atoms with E-state index in [4.69, 9.17) is 4.74 Å². The normalized spacial score (nSPS) is 17.6. The van der Waals surface area contributed by atoms with Gasteiger partial charge in [-0.25, -0.2) is 0 Å². The Morgan fingerprint density at radius 3 is 2.55 bits per heavy atom. The molecule has 0 saturated carbocycles. The number of amides is 2. The molecule has 3 aromatic rings. The fraction of sp³-hybridized carbons (Fsp3) is 0.333. The lowest BCUT2D eigenvalue weighted by Crippen LogP contribution is -2.49. The Morgan fingerprint density at radius 1 is 1.11 bits per heavy atom. The van der Waals surface area contributed by atoms with Crippen molar-refractivity contribution in [3.8, 4) is 5.75 Å². The van der Waals surface area contributed by atoms with E-state index in [2.05, 4.69) is 22.8 Å². The predicted octanol–water partition coefficient (Wildman–Crippen LogP) is 4.03. The Kier molecular flexibility index (Phi) is 8.72. The molecular weight excluding hydrogens is 502 g/mol. The van der Waals surface area contributed by atoms with Gasteiger partial charge in [0.2, 0.25) is 0 Å². The van der Waals surface area contributed by atoms with Gasteiger partial charge < -0.3 is 25.4 Å². The number of aliphatic hydroxyl groups excluding tert-OH is 1. The number of halogens is 1. The molecule has 0 radical (unpaired) electrons. The Hall–Kier alpha value is -3.39. The summed E-state index contributed by atoms with van der Waals surface area (Å²) in [5, 5.41) is 17.0. The van der Waals surface area contributed by atoms with Gasteiger partial charge >= 0.3 is 0 Å². The number of ether oxygens (including phenoxy) is 1. The Morgan fingerprint density at radius 2 is 1.82 bits per heavy atom. The van der Waals surface area contributed by atoms with Gasteiger partial charge in [-0.15, -0.1) is 12.4 Å². The Labute approximate surface area is 229 Å². The first kappa shape index (κ1) is 27.6. The maximum absolute atomic E-state index is 13.3. The summed E-state index contributed by atoms with van der Waals surface area (Å²) in [5.74, 6) is -0.0256. The van der Waals surface area contributed by atoms with Crippen molar-refractivity contribution < 1.29 is 19.4 Å². The monoisotopic (exact) mass is 535 g/mol. The van der Waals surface area contributed by atoms with Gasteiger partial charge in [0, 0.05) is 31.2 Å². The highest BCUT2D eigenvalue weighted by Crippen LogP contribution is 2.35. The smallest absolute Gasteiger partial charge is 0.255 e. The lowest BCUT2D eigenvalue weighted by molar-refractivity contribution is 0.0715. The number of carbonyl (C=O) groups excluding carboxylic acids is 2. The summed E-state index contributed by atoms with van der Waals surface area (Å²) < 4.78 is 5.77. The van der Waals surface area contributed by atoms with E-state index in [-0.39, 0.29) is 42.8 Å². The van der Waals surface area contributed by atoms with E-state index >= 15 is 0 Å². The molecule has 0 saturated heterocycles. The van der Waals surface area contributed by atoms with E-state index in [0.29, 0.717) is 43.0 Å². The van der Waals surface area contributed by atoms with Gasteiger partial charge in [0.25, 0.3) is 11.8 Å². The molecule has 0 aliphatic carbocycles. The molecular formula is C30H34ClN3O4. The van der Waals surface area contributed by atoms with Crippen LogP contribution in [0.1, 0.15) is 62.9 Å². The van der Waals surface area contributed by atoms with Crippen LogP contribution >= 0.6 is 12.4 Å². The van der Waals surface area contributed by atoms with Crippen LogP contribution in [-0.2, 0) is 19.5 Å². The molecule has 8 heteroatoms. The van der Waals surface area contributed by atoms with Crippen molar-refractivity contribution in [3.05, 3.63) is 100 Å². The van der Waals surface area contributed by atoms with Gasteiger partial charge in [0.1, 0.15) is 5.75 Å². The van der Waals surface area contributed by atoms with Gasteiger partial charge in [0.15, 0.2) is 0 Å². The first-order valence-corrected chi connectivity index (χ1v) is 12.9. The zero-order valence-electron chi connectivity index (χ0n) is 21.6. The molecule has 3 atom stereocenters. The third-order valence-electron chi connectivity index (χ3n) is 7.38. The number of rotatable bonds is 8. The predicted molar refractivity (Wildman–Crippen MR) is 149 cm³/mol. The number of benzene rings is 3. The van der Waals surface area contributed by atoms with Crippen molar-refractivity contribution in [2.75, 3.05) is 13.2 Å². The zero-order chi connectivity index (χ0) is 25.9. The van der Waals surface area contributed by atoms with Crippen LogP contribution in [0.2, 0.25) is 0 Å². The molecule has 2 aliphatic heterocycles. The number of aliphatic hydroxyl groups is 1. The zero-order valence-corrected chi connectivity index (χ0v) is 22.5. The minimum atomic E-state index is -0.744. The molecule has 2 aliphatic rings. The van der Waals surface area contributed by atoms with Crippen LogP contribution in [0.4, 0.5) is 0 Å². The number of nitrogens with zero attached hydrogens (tertiary/aromatic N) is 1. The second-order valence-electron chi connectivity index (χ2n) is 9.70. The molecule has 0 fully saturated rings. The van der Waals surface area contributed by atoms with Gasteiger partial charge in [-0.2, -0.15) is 0 Å². The maximum Gasteiger partial charge on any atom is 0.255 e. The summed E-state index contributed by atoms with van der Waals surface area (Å²) in [5.41, 5.74) is 5.24. The average Bonchev–Trinajstić information content (AvgIpc) is 3.26. The number of fused-ring (bicyclic) bond motifs is 2. The van der Waals surface area contributed by atoms with Crippen molar-refractivity contribution >= 4 is 24.2 Å². The van der Waals surface area contributed by atoms with Crippen molar-refractivity contribution in [1.82, 2.24) is 15.5 Å². The van der Waals surface area contributed by atoms with Crippen LogP contribution in [0, 0.1) is 0 Å². The fourth-order valence-corrected chi connectivity index (χ4v) is 5.23. The highest BCUT2D eigenvalue weighted by atomic mass is 35.5. The summed E-state index contributed by atoms with van der Waals surface area (Å²) in [4.78, 5) is 28.3. The highest BCUT2D eigenvalue weighted by Gasteiger charge is 2.34. The molecule has 7 nitrogen and oxygen atoms in total.